The molecular weight excluding hydrogens is 441 g/mol. The Morgan fingerprint density at radius 3 is 2.71 bits per heavy atom. The van der Waals surface area contributed by atoms with Crippen LogP contribution in [0, 0.1) is 5.82 Å². The van der Waals surface area contributed by atoms with Crippen molar-refractivity contribution in [3.8, 4) is 11.1 Å². The molecule has 1 aliphatic rings. The van der Waals surface area contributed by atoms with Gasteiger partial charge in [-0.1, -0.05) is 7.43 Å². The van der Waals surface area contributed by atoms with Crippen molar-refractivity contribution in [3.63, 3.8) is 0 Å². The maximum absolute atomic E-state index is 15.0. The largest absolute Gasteiger partial charge is 0.442 e. The van der Waals surface area contributed by atoms with Crippen molar-refractivity contribution in [2.45, 2.75) is 33.8 Å². The van der Waals surface area contributed by atoms with Crippen molar-refractivity contribution < 1.29 is 23.5 Å². The SMILES string of the molecule is C.CCNC(=O)Cc1cn2cc(-c3ccc(N4C[C@H](CNC(C)=O)OC4=O)cc3F)ccc2n1. The topological polar surface area (TPSA) is 105 Å². The molecule has 1 fully saturated rings. The van der Waals surface area contributed by atoms with Crippen molar-refractivity contribution in [1.82, 2.24) is 20.0 Å². The van der Waals surface area contributed by atoms with Gasteiger partial charge in [-0.05, 0) is 37.3 Å². The van der Waals surface area contributed by atoms with E-state index in [9.17, 15) is 14.4 Å². The van der Waals surface area contributed by atoms with E-state index in [1.807, 2.05) is 6.92 Å². The first-order valence-electron chi connectivity index (χ1n) is 10.6. The number of hydrogen-bond donors (Lipinski definition) is 2. The fourth-order valence-electron chi connectivity index (χ4n) is 3.72. The first-order chi connectivity index (χ1) is 15.8. The number of pyridine rings is 1. The molecule has 0 bridgehead atoms. The number of fused-ring (bicyclic) bond motifs is 1. The summed E-state index contributed by atoms with van der Waals surface area (Å²) in [5.74, 6) is -0.818. The summed E-state index contributed by atoms with van der Waals surface area (Å²) in [7, 11) is 0. The highest BCUT2D eigenvalue weighted by atomic mass is 19.1. The number of hydrogen-bond acceptors (Lipinski definition) is 5. The number of likely N-dealkylation sites (N-methyl/N-ethyl adjacent to an activating group) is 1. The molecular formula is C24H28FN5O4. The van der Waals surface area contributed by atoms with E-state index in [0.29, 0.717) is 34.7 Å². The van der Waals surface area contributed by atoms with E-state index in [-0.39, 0.29) is 38.8 Å². The molecule has 34 heavy (non-hydrogen) atoms. The van der Waals surface area contributed by atoms with Crippen molar-refractivity contribution in [2.24, 2.45) is 0 Å². The minimum Gasteiger partial charge on any atom is -0.442 e. The predicted molar refractivity (Wildman–Crippen MR) is 126 cm³/mol. The van der Waals surface area contributed by atoms with Crippen LogP contribution in [-0.2, 0) is 20.7 Å². The fourth-order valence-corrected chi connectivity index (χ4v) is 3.72. The third-order valence-corrected chi connectivity index (χ3v) is 5.24. The lowest BCUT2D eigenvalue weighted by molar-refractivity contribution is -0.120. The van der Waals surface area contributed by atoms with Gasteiger partial charge < -0.3 is 19.8 Å². The number of anilines is 1. The molecule has 3 heterocycles. The third-order valence-electron chi connectivity index (χ3n) is 5.24. The molecule has 180 valence electrons. The fraction of sp³-hybridized carbons (Fsp3) is 0.333. The summed E-state index contributed by atoms with van der Waals surface area (Å²) >= 11 is 0. The average Bonchev–Trinajstić information content (AvgIpc) is 3.34. The summed E-state index contributed by atoms with van der Waals surface area (Å²) in [6.45, 7) is 4.20. The summed E-state index contributed by atoms with van der Waals surface area (Å²) in [4.78, 5) is 40.8. The molecule has 3 amide bonds. The van der Waals surface area contributed by atoms with Gasteiger partial charge in [-0.3, -0.25) is 14.5 Å². The van der Waals surface area contributed by atoms with Gasteiger partial charge in [-0.25, -0.2) is 14.2 Å². The van der Waals surface area contributed by atoms with Crippen molar-refractivity contribution in [2.75, 3.05) is 24.5 Å². The van der Waals surface area contributed by atoms with Gasteiger partial charge in [0.05, 0.1) is 30.9 Å². The number of carbonyl (C=O) groups excluding carboxylic acids is 3. The number of cyclic esters (lactones) is 1. The molecule has 0 spiro atoms. The Balaban J connectivity index is 0.00000324. The van der Waals surface area contributed by atoms with Crippen LogP contribution in [-0.4, -0.2) is 53.0 Å². The second-order valence-electron chi connectivity index (χ2n) is 7.76. The van der Waals surface area contributed by atoms with Gasteiger partial charge >= 0.3 is 6.09 Å². The van der Waals surface area contributed by atoms with E-state index in [1.54, 1.807) is 41.1 Å². The van der Waals surface area contributed by atoms with E-state index in [2.05, 4.69) is 15.6 Å². The number of imidazole rings is 1. The van der Waals surface area contributed by atoms with Crippen molar-refractivity contribution in [1.29, 1.82) is 0 Å². The smallest absolute Gasteiger partial charge is 0.414 e. The average molecular weight is 470 g/mol. The Hall–Kier alpha value is -3.95. The van der Waals surface area contributed by atoms with Crippen LogP contribution in [0.1, 0.15) is 27.0 Å². The monoisotopic (exact) mass is 469 g/mol. The summed E-state index contributed by atoms with van der Waals surface area (Å²) in [5, 5.41) is 5.34. The Morgan fingerprint density at radius 1 is 1.21 bits per heavy atom. The van der Waals surface area contributed by atoms with Crippen LogP contribution in [0.15, 0.2) is 42.7 Å². The van der Waals surface area contributed by atoms with Crippen LogP contribution in [0.25, 0.3) is 16.8 Å². The summed E-state index contributed by atoms with van der Waals surface area (Å²) in [6, 6.07) is 8.06. The lowest BCUT2D eigenvalue weighted by Crippen LogP contribution is -2.33. The Kier molecular flexibility index (Phi) is 7.50. The summed E-state index contributed by atoms with van der Waals surface area (Å²) in [5.41, 5.74) is 2.64. The van der Waals surface area contributed by atoms with E-state index >= 15 is 4.39 Å². The van der Waals surface area contributed by atoms with E-state index in [4.69, 9.17) is 4.74 Å². The van der Waals surface area contributed by atoms with Gasteiger partial charge in [0, 0.05) is 37.0 Å². The van der Waals surface area contributed by atoms with Crippen LogP contribution in [0.3, 0.4) is 0 Å². The zero-order valence-corrected chi connectivity index (χ0v) is 18.3. The van der Waals surface area contributed by atoms with Crippen LogP contribution in [0.2, 0.25) is 0 Å². The maximum atomic E-state index is 15.0. The quantitative estimate of drug-likeness (QED) is 0.554. The minimum atomic E-state index is -0.586. The highest BCUT2D eigenvalue weighted by Gasteiger charge is 2.32. The normalized spacial score (nSPS) is 15.1. The van der Waals surface area contributed by atoms with Crippen molar-refractivity contribution >= 4 is 29.2 Å². The molecule has 0 unspecified atom stereocenters. The minimum absolute atomic E-state index is 0. The molecule has 1 saturated heterocycles. The van der Waals surface area contributed by atoms with Gasteiger partial charge in [0.15, 0.2) is 0 Å². The first kappa shape index (κ1) is 24.7. The van der Waals surface area contributed by atoms with Gasteiger partial charge in [0.25, 0.3) is 0 Å². The second kappa shape index (κ2) is 10.3. The van der Waals surface area contributed by atoms with Crippen LogP contribution in [0.4, 0.5) is 14.9 Å². The molecule has 10 heteroatoms. The molecule has 1 aliphatic heterocycles. The highest BCUT2D eigenvalue weighted by Crippen LogP contribution is 2.29. The molecule has 1 aromatic carbocycles. The number of benzene rings is 1. The molecule has 2 aromatic heterocycles. The zero-order valence-electron chi connectivity index (χ0n) is 18.3. The molecule has 9 nitrogen and oxygen atoms in total. The maximum Gasteiger partial charge on any atom is 0.414 e. The first-order valence-corrected chi connectivity index (χ1v) is 10.6. The van der Waals surface area contributed by atoms with Crippen LogP contribution >= 0.6 is 0 Å². The van der Waals surface area contributed by atoms with Gasteiger partial charge in [0.1, 0.15) is 17.6 Å². The number of carbonyl (C=O) groups is 3. The predicted octanol–water partition coefficient (Wildman–Crippen LogP) is 2.92. The third kappa shape index (κ3) is 5.33. The van der Waals surface area contributed by atoms with Gasteiger partial charge in [0.2, 0.25) is 11.8 Å². The van der Waals surface area contributed by atoms with Crippen molar-refractivity contribution in [3.05, 3.63) is 54.2 Å². The lowest BCUT2D eigenvalue weighted by atomic mass is 10.1. The number of ether oxygens (including phenoxy) is 1. The van der Waals surface area contributed by atoms with E-state index < -0.39 is 18.0 Å². The van der Waals surface area contributed by atoms with E-state index in [1.165, 1.54) is 17.9 Å². The van der Waals surface area contributed by atoms with Gasteiger partial charge in [-0.2, -0.15) is 0 Å². The Labute approximate surface area is 196 Å². The lowest BCUT2D eigenvalue weighted by Gasteiger charge is -2.14. The summed E-state index contributed by atoms with van der Waals surface area (Å²) < 4.78 is 22.0. The van der Waals surface area contributed by atoms with Crippen LogP contribution < -0.4 is 15.5 Å². The Bertz CT molecular complexity index is 1230. The molecule has 0 radical (unpaired) electrons. The molecule has 1 atom stereocenters. The number of nitrogens with zero attached hydrogens (tertiary/aromatic N) is 3. The number of amides is 3. The standard InChI is InChI=1S/C23H24FN5O4.CH4/c1-3-25-22(31)8-16-12-28-11-15(4-7-21(28)27-16)19-6-5-17(9-20(19)24)29-13-18(33-23(29)32)10-26-14(2)30;/h4-7,9,11-12,18H,3,8,10,13H2,1-2H3,(H,25,31)(H,26,30);1H4/t18-;/m0./s1. The molecule has 0 aliphatic carbocycles. The number of aromatic nitrogens is 2. The molecule has 2 N–H and O–H groups in total. The van der Waals surface area contributed by atoms with Crippen LogP contribution in [0.5, 0.6) is 0 Å². The number of rotatable bonds is 7. The number of halogens is 1. The van der Waals surface area contributed by atoms with E-state index in [0.717, 1.165) is 0 Å². The zero-order chi connectivity index (χ0) is 23.5. The van der Waals surface area contributed by atoms with Gasteiger partial charge in [-0.15, -0.1) is 0 Å². The summed E-state index contributed by atoms with van der Waals surface area (Å²) in [6.07, 6.45) is 2.58. The number of nitrogens with one attached hydrogen (secondary N) is 2. The highest BCUT2D eigenvalue weighted by molar-refractivity contribution is 5.90. The molecule has 0 saturated carbocycles. The Morgan fingerprint density at radius 2 is 2.00 bits per heavy atom. The molecule has 3 aromatic rings. The molecule has 4 rings (SSSR count). The second-order valence-corrected chi connectivity index (χ2v) is 7.76.